The monoisotopic (exact) mass is 427 g/mol. The first-order valence-electron chi connectivity index (χ1n) is 9.43. The molecule has 0 unspecified atom stereocenters. The minimum Gasteiger partial charge on any atom is -0.482 e. The van der Waals surface area contributed by atoms with Crippen molar-refractivity contribution < 1.29 is 33.3 Å². The van der Waals surface area contributed by atoms with Crippen molar-refractivity contribution in [2.75, 3.05) is 26.6 Å². The Kier molecular flexibility index (Phi) is 7.41. The smallest absolute Gasteiger partial charge is 0.344 e. The van der Waals surface area contributed by atoms with Gasteiger partial charge in [0.05, 0.1) is 19.4 Å². The summed E-state index contributed by atoms with van der Waals surface area (Å²) in [6.45, 7) is 1.72. The van der Waals surface area contributed by atoms with Crippen molar-refractivity contribution in [2.45, 2.75) is 6.92 Å². The molecule has 0 aromatic heterocycles. The van der Waals surface area contributed by atoms with E-state index in [2.05, 4.69) is 15.8 Å². The molecule has 3 rings (SSSR count). The van der Waals surface area contributed by atoms with Crippen LogP contribution in [0.3, 0.4) is 0 Å². The van der Waals surface area contributed by atoms with Gasteiger partial charge < -0.3 is 24.3 Å². The van der Waals surface area contributed by atoms with Crippen LogP contribution >= 0.6 is 0 Å². The van der Waals surface area contributed by atoms with E-state index in [0.29, 0.717) is 35.0 Å². The lowest BCUT2D eigenvalue weighted by molar-refractivity contribution is -0.145. The molecule has 2 amide bonds. The van der Waals surface area contributed by atoms with Crippen LogP contribution in [0.5, 0.6) is 17.2 Å². The van der Waals surface area contributed by atoms with Crippen LogP contribution in [-0.4, -0.2) is 50.5 Å². The van der Waals surface area contributed by atoms with E-state index in [9.17, 15) is 14.4 Å². The number of amides is 2. The highest BCUT2D eigenvalue weighted by Crippen LogP contribution is 2.32. The lowest BCUT2D eigenvalue weighted by Crippen LogP contribution is -2.34. The largest absolute Gasteiger partial charge is 0.482 e. The third-order valence-electron chi connectivity index (χ3n) is 3.99. The molecule has 10 heteroatoms. The highest BCUT2D eigenvalue weighted by Gasteiger charge is 2.16. The van der Waals surface area contributed by atoms with E-state index in [1.807, 2.05) is 0 Å². The van der Waals surface area contributed by atoms with Gasteiger partial charge in [-0.2, -0.15) is 5.10 Å². The van der Waals surface area contributed by atoms with Gasteiger partial charge in [-0.15, -0.1) is 0 Å². The Labute approximate surface area is 178 Å². The number of ether oxygens (including phenoxy) is 4. The van der Waals surface area contributed by atoms with Crippen LogP contribution in [0.1, 0.15) is 22.8 Å². The van der Waals surface area contributed by atoms with Crippen molar-refractivity contribution in [3.8, 4) is 17.2 Å². The summed E-state index contributed by atoms with van der Waals surface area (Å²) in [5.74, 6) is 0.207. The number of rotatable bonds is 9. The molecule has 10 nitrogen and oxygen atoms in total. The molecule has 2 aromatic carbocycles. The van der Waals surface area contributed by atoms with Gasteiger partial charge in [-0.05, 0) is 55.0 Å². The summed E-state index contributed by atoms with van der Waals surface area (Å²) in [6.07, 6.45) is 1.44. The Balaban J connectivity index is 1.40. The van der Waals surface area contributed by atoms with Gasteiger partial charge in [-0.3, -0.25) is 9.59 Å². The maximum absolute atomic E-state index is 12.1. The van der Waals surface area contributed by atoms with E-state index >= 15 is 0 Å². The van der Waals surface area contributed by atoms with E-state index in [1.54, 1.807) is 49.4 Å². The van der Waals surface area contributed by atoms with Gasteiger partial charge in [0.1, 0.15) is 5.75 Å². The average Bonchev–Trinajstić information content (AvgIpc) is 3.25. The molecule has 0 saturated carbocycles. The van der Waals surface area contributed by atoms with Crippen molar-refractivity contribution in [1.82, 2.24) is 10.7 Å². The Morgan fingerprint density at radius 3 is 2.65 bits per heavy atom. The molecule has 0 fully saturated rings. The van der Waals surface area contributed by atoms with Crippen LogP contribution in [0.2, 0.25) is 0 Å². The summed E-state index contributed by atoms with van der Waals surface area (Å²) in [5.41, 5.74) is 3.38. The zero-order valence-corrected chi connectivity index (χ0v) is 16.8. The second-order valence-electron chi connectivity index (χ2n) is 6.21. The number of hydrazone groups is 1. The van der Waals surface area contributed by atoms with Crippen LogP contribution in [-0.2, 0) is 14.3 Å². The minimum absolute atomic E-state index is 0.115. The molecular formula is C21H21N3O7. The van der Waals surface area contributed by atoms with Crippen molar-refractivity contribution in [3.05, 3.63) is 53.6 Å². The molecule has 1 aliphatic heterocycles. The number of hydrogen-bond acceptors (Lipinski definition) is 8. The zero-order chi connectivity index (χ0) is 22.1. The Morgan fingerprint density at radius 1 is 1.10 bits per heavy atom. The summed E-state index contributed by atoms with van der Waals surface area (Å²) in [4.78, 5) is 35.3. The van der Waals surface area contributed by atoms with Gasteiger partial charge >= 0.3 is 5.97 Å². The third kappa shape index (κ3) is 6.46. The lowest BCUT2D eigenvalue weighted by Gasteiger charge is -2.06. The number of fused-ring (bicyclic) bond motifs is 1. The quantitative estimate of drug-likeness (QED) is 0.350. The fraction of sp³-hybridized carbons (Fsp3) is 0.238. The number of benzene rings is 2. The molecule has 0 bridgehead atoms. The fourth-order valence-electron chi connectivity index (χ4n) is 2.51. The highest BCUT2D eigenvalue weighted by molar-refractivity contribution is 5.97. The maximum Gasteiger partial charge on any atom is 0.344 e. The van der Waals surface area contributed by atoms with Crippen molar-refractivity contribution in [3.63, 3.8) is 0 Å². The SMILES string of the molecule is CCOC(=O)COc1ccc(/C=N/NC(=O)CNC(=O)c2ccc3c(c2)OCO3)cc1. The predicted octanol–water partition coefficient (Wildman–Crippen LogP) is 1.24. The van der Waals surface area contributed by atoms with Crippen LogP contribution in [0.25, 0.3) is 0 Å². The molecule has 2 N–H and O–H groups in total. The number of esters is 1. The zero-order valence-electron chi connectivity index (χ0n) is 16.8. The van der Waals surface area contributed by atoms with Crippen LogP contribution < -0.4 is 25.0 Å². The first-order valence-corrected chi connectivity index (χ1v) is 9.43. The summed E-state index contributed by atoms with van der Waals surface area (Å²) in [6, 6.07) is 11.5. The van der Waals surface area contributed by atoms with Crippen LogP contribution in [0, 0.1) is 0 Å². The standard InChI is InChI=1S/C21H21N3O7/c1-2-28-20(26)12-29-16-6-3-14(4-7-16)10-23-24-19(25)11-22-21(27)15-5-8-17-18(9-15)31-13-30-17/h3-10H,2,11-13H2,1H3,(H,22,27)(H,24,25)/b23-10+. The molecule has 0 atom stereocenters. The van der Waals surface area contributed by atoms with Gasteiger partial charge in [-0.25, -0.2) is 10.2 Å². The minimum atomic E-state index is -0.486. The van der Waals surface area contributed by atoms with Crippen molar-refractivity contribution >= 4 is 24.0 Å². The van der Waals surface area contributed by atoms with E-state index < -0.39 is 17.8 Å². The molecule has 0 saturated heterocycles. The van der Waals surface area contributed by atoms with Gasteiger partial charge in [0.15, 0.2) is 18.1 Å². The second-order valence-corrected chi connectivity index (χ2v) is 6.21. The lowest BCUT2D eigenvalue weighted by atomic mass is 10.2. The molecule has 31 heavy (non-hydrogen) atoms. The van der Waals surface area contributed by atoms with Gasteiger partial charge in [0.2, 0.25) is 6.79 Å². The summed E-state index contributed by atoms with van der Waals surface area (Å²) >= 11 is 0. The highest BCUT2D eigenvalue weighted by atomic mass is 16.7. The molecule has 0 spiro atoms. The normalized spacial score (nSPS) is 11.8. The summed E-state index contributed by atoms with van der Waals surface area (Å²) in [7, 11) is 0. The van der Waals surface area contributed by atoms with E-state index in [-0.39, 0.29) is 19.9 Å². The fourth-order valence-corrected chi connectivity index (χ4v) is 2.51. The summed E-state index contributed by atoms with van der Waals surface area (Å²) < 4.78 is 20.5. The van der Waals surface area contributed by atoms with Crippen molar-refractivity contribution in [2.24, 2.45) is 5.10 Å². The second kappa shape index (κ2) is 10.6. The first-order chi connectivity index (χ1) is 15.0. The van der Waals surface area contributed by atoms with Crippen LogP contribution in [0.4, 0.5) is 0 Å². The predicted molar refractivity (Wildman–Crippen MR) is 109 cm³/mol. The van der Waals surface area contributed by atoms with E-state index in [0.717, 1.165) is 0 Å². The number of hydrogen-bond donors (Lipinski definition) is 2. The van der Waals surface area contributed by atoms with Crippen LogP contribution in [0.15, 0.2) is 47.6 Å². The van der Waals surface area contributed by atoms with Gasteiger partial charge in [-0.1, -0.05) is 0 Å². The Bertz CT molecular complexity index is 973. The Hall–Kier alpha value is -4.08. The third-order valence-corrected chi connectivity index (χ3v) is 3.99. The van der Waals surface area contributed by atoms with Gasteiger partial charge in [0.25, 0.3) is 11.8 Å². The first kappa shape index (κ1) is 21.6. The Morgan fingerprint density at radius 2 is 1.87 bits per heavy atom. The molecule has 1 aliphatic rings. The molecule has 162 valence electrons. The van der Waals surface area contributed by atoms with Gasteiger partial charge in [0, 0.05) is 5.56 Å². The maximum atomic E-state index is 12.1. The number of carbonyl (C=O) groups is 3. The molecular weight excluding hydrogens is 406 g/mol. The molecule has 2 aromatic rings. The van der Waals surface area contributed by atoms with E-state index in [1.165, 1.54) is 6.21 Å². The number of carbonyl (C=O) groups excluding carboxylic acids is 3. The van der Waals surface area contributed by atoms with E-state index in [4.69, 9.17) is 18.9 Å². The number of nitrogens with one attached hydrogen (secondary N) is 2. The van der Waals surface area contributed by atoms with Crippen molar-refractivity contribution in [1.29, 1.82) is 0 Å². The summed E-state index contributed by atoms with van der Waals surface area (Å²) in [5, 5.41) is 6.34. The average molecular weight is 427 g/mol. The number of nitrogens with zero attached hydrogens (tertiary/aromatic N) is 1. The molecule has 0 radical (unpaired) electrons. The topological polar surface area (TPSA) is 125 Å². The molecule has 1 heterocycles. The molecule has 0 aliphatic carbocycles.